The second kappa shape index (κ2) is 10.8. The smallest absolute Gasteiger partial charge is 0.254 e. The molecule has 188 valence electrons. The number of carbonyl (C=O) groups excluding carboxylic acids is 1. The molecule has 0 saturated carbocycles. The van der Waals surface area contributed by atoms with Crippen molar-refractivity contribution >= 4 is 11.9 Å². The van der Waals surface area contributed by atoms with Crippen LogP contribution in [-0.4, -0.2) is 64.5 Å². The third-order valence-corrected chi connectivity index (χ3v) is 6.48. The van der Waals surface area contributed by atoms with Crippen LogP contribution in [0.15, 0.2) is 36.8 Å². The van der Waals surface area contributed by atoms with Crippen LogP contribution in [0.5, 0.6) is 5.75 Å². The third-order valence-electron chi connectivity index (χ3n) is 6.48. The van der Waals surface area contributed by atoms with Gasteiger partial charge in [-0.3, -0.25) is 9.78 Å². The zero-order chi connectivity index (χ0) is 25.8. The largest absolute Gasteiger partial charge is 0.492 e. The van der Waals surface area contributed by atoms with Crippen LogP contribution in [0.25, 0.3) is 0 Å². The van der Waals surface area contributed by atoms with Gasteiger partial charge in [-0.05, 0) is 57.1 Å². The van der Waals surface area contributed by atoms with Gasteiger partial charge in [-0.15, -0.1) is 0 Å². The van der Waals surface area contributed by atoms with Crippen molar-refractivity contribution in [3.8, 4) is 11.8 Å². The van der Waals surface area contributed by atoms with Crippen LogP contribution in [0.3, 0.4) is 0 Å². The van der Waals surface area contributed by atoms with Gasteiger partial charge in [0.25, 0.3) is 5.91 Å². The van der Waals surface area contributed by atoms with Gasteiger partial charge < -0.3 is 24.4 Å². The second-order valence-electron chi connectivity index (χ2n) is 9.22. The minimum atomic E-state index is -0.261. The average molecular weight is 488 g/mol. The number of nitrogens with one attached hydrogen (secondary N) is 1. The lowest BCUT2D eigenvalue weighted by Gasteiger charge is -2.35. The van der Waals surface area contributed by atoms with E-state index in [1.54, 1.807) is 12.3 Å². The number of hydrogen-bond donors (Lipinski definition) is 1. The van der Waals surface area contributed by atoms with Crippen molar-refractivity contribution in [2.45, 2.75) is 39.4 Å². The van der Waals surface area contributed by atoms with Gasteiger partial charge in [-0.2, -0.15) is 5.26 Å². The summed E-state index contributed by atoms with van der Waals surface area (Å²) in [6.07, 6.45) is 5.99. The SMILES string of the molecule is CCOc1cc([C@H](C)N2CCc3c(CN(C)C)cc(Cn4ccnc4NC)cc3C2=O)ncc1C#N. The monoisotopic (exact) mass is 487 g/mol. The lowest BCUT2D eigenvalue weighted by atomic mass is 9.90. The lowest BCUT2D eigenvalue weighted by Crippen LogP contribution is -2.40. The Kier molecular flexibility index (Phi) is 7.55. The van der Waals surface area contributed by atoms with Crippen molar-refractivity contribution in [3.05, 3.63) is 70.3 Å². The summed E-state index contributed by atoms with van der Waals surface area (Å²) in [6, 6.07) is 7.87. The average Bonchev–Trinajstić information content (AvgIpc) is 3.31. The number of imidazole rings is 1. The molecule has 0 unspecified atom stereocenters. The molecule has 0 saturated heterocycles. The molecule has 2 aromatic heterocycles. The van der Waals surface area contributed by atoms with E-state index in [2.05, 4.69) is 32.3 Å². The van der Waals surface area contributed by atoms with Crippen LogP contribution in [0, 0.1) is 11.3 Å². The Morgan fingerprint density at radius 2 is 2.08 bits per heavy atom. The van der Waals surface area contributed by atoms with Crippen molar-refractivity contribution in [1.82, 2.24) is 24.3 Å². The van der Waals surface area contributed by atoms with E-state index < -0.39 is 0 Å². The molecular formula is C27H33N7O2. The highest BCUT2D eigenvalue weighted by Crippen LogP contribution is 2.32. The molecule has 0 spiro atoms. The van der Waals surface area contributed by atoms with Crippen LogP contribution in [0.2, 0.25) is 0 Å². The van der Waals surface area contributed by atoms with Crippen LogP contribution < -0.4 is 10.1 Å². The molecule has 36 heavy (non-hydrogen) atoms. The van der Waals surface area contributed by atoms with E-state index >= 15 is 0 Å². The summed E-state index contributed by atoms with van der Waals surface area (Å²) >= 11 is 0. The van der Waals surface area contributed by atoms with Crippen molar-refractivity contribution in [3.63, 3.8) is 0 Å². The van der Waals surface area contributed by atoms with E-state index in [-0.39, 0.29) is 11.9 Å². The van der Waals surface area contributed by atoms with Gasteiger partial charge in [0.2, 0.25) is 5.95 Å². The Morgan fingerprint density at radius 1 is 1.28 bits per heavy atom. The number of nitriles is 1. The fraction of sp³-hybridized carbons (Fsp3) is 0.407. The van der Waals surface area contributed by atoms with E-state index in [0.29, 0.717) is 36.7 Å². The Balaban J connectivity index is 1.69. The van der Waals surface area contributed by atoms with Crippen LogP contribution >= 0.6 is 0 Å². The number of nitrogens with zero attached hydrogens (tertiary/aromatic N) is 6. The van der Waals surface area contributed by atoms with E-state index in [9.17, 15) is 10.1 Å². The van der Waals surface area contributed by atoms with Crippen LogP contribution in [0.4, 0.5) is 5.95 Å². The maximum Gasteiger partial charge on any atom is 0.254 e. The first kappa shape index (κ1) is 25.2. The first-order valence-corrected chi connectivity index (χ1v) is 12.2. The molecule has 1 amide bonds. The molecular weight excluding hydrogens is 454 g/mol. The number of aromatic nitrogens is 3. The highest BCUT2D eigenvalue weighted by molar-refractivity contribution is 5.97. The number of carbonyl (C=O) groups is 1. The minimum Gasteiger partial charge on any atom is -0.492 e. The maximum absolute atomic E-state index is 13.9. The first-order chi connectivity index (χ1) is 17.4. The summed E-state index contributed by atoms with van der Waals surface area (Å²) in [6.45, 7) is 6.28. The summed E-state index contributed by atoms with van der Waals surface area (Å²) in [5.41, 5.74) is 5.18. The molecule has 0 bridgehead atoms. The third kappa shape index (κ3) is 5.04. The molecule has 0 fully saturated rings. The number of pyridine rings is 1. The van der Waals surface area contributed by atoms with Gasteiger partial charge >= 0.3 is 0 Å². The lowest BCUT2D eigenvalue weighted by molar-refractivity contribution is 0.0668. The topological polar surface area (TPSA) is 99.3 Å². The quantitative estimate of drug-likeness (QED) is 0.493. The molecule has 1 N–H and O–H groups in total. The van der Waals surface area contributed by atoms with Crippen molar-refractivity contribution < 1.29 is 9.53 Å². The number of amides is 1. The molecule has 1 atom stereocenters. The summed E-state index contributed by atoms with van der Waals surface area (Å²) in [7, 11) is 5.93. The van der Waals surface area contributed by atoms with E-state index in [1.165, 1.54) is 11.8 Å². The van der Waals surface area contributed by atoms with Gasteiger partial charge in [0.15, 0.2) is 0 Å². The van der Waals surface area contributed by atoms with Gasteiger partial charge in [-0.25, -0.2) is 4.98 Å². The fourth-order valence-corrected chi connectivity index (χ4v) is 4.78. The fourth-order valence-electron chi connectivity index (χ4n) is 4.78. The Bertz CT molecular complexity index is 1290. The van der Waals surface area contributed by atoms with Crippen molar-refractivity contribution in [2.75, 3.05) is 39.6 Å². The zero-order valence-electron chi connectivity index (χ0n) is 21.6. The molecule has 3 heterocycles. The Morgan fingerprint density at radius 3 is 2.78 bits per heavy atom. The molecule has 9 nitrogen and oxygen atoms in total. The highest BCUT2D eigenvalue weighted by Gasteiger charge is 2.31. The van der Waals surface area contributed by atoms with Crippen molar-refractivity contribution in [1.29, 1.82) is 5.26 Å². The highest BCUT2D eigenvalue weighted by atomic mass is 16.5. The predicted octanol–water partition coefficient (Wildman–Crippen LogP) is 3.46. The standard InChI is InChI=1S/C27H33N7O2/c1-6-36-25-13-24(31-15-21(25)14-28)18(2)34-9-7-22-20(17-32(4)5)11-19(12-23(22)26(34)35)16-33-10-8-30-27(33)29-3/h8,10-13,15,18H,6-7,9,16-17H2,1-5H3,(H,29,30)/t18-/m0/s1. The molecule has 9 heteroatoms. The van der Waals surface area contributed by atoms with Gasteiger partial charge in [-0.1, -0.05) is 6.07 Å². The summed E-state index contributed by atoms with van der Waals surface area (Å²) in [5, 5.41) is 12.5. The van der Waals surface area contributed by atoms with Gasteiger partial charge in [0, 0.05) is 50.4 Å². The zero-order valence-corrected chi connectivity index (χ0v) is 21.6. The van der Waals surface area contributed by atoms with E-state index in [4.69, 9.17) is 4.74 Å². The summed E-state index contributed by atoms with van der Waals surface area (Å²) in [5.74, 6) is 1.27. The number of anilines is 1. The number of hydrogen-bond acceptors (Lipinski definition) is 7. The summed E-state index contributed by atoms with van der Waals surface area (Å²) in [4.78, 5) is 26.7. The van der Waals surface area contributed by atoms with Crippen LogP contribution in [0.1, 0.15) is 58.2 Å². The Labute approximate surface area is 212 Å². The molecule has 4 rings (SSSR count). The number of ether oxygens (including phenoxy) is 1. The second-order valence-corrected chi connectivity index (χ2v) is 9.22. The first-order valence-electron chi connectivity index (χ1n) is 12.2. The molecule has 0 aliphatic carbocycles. The number of rotatable bonds is 9. The maximum atomic E-state index is 13.9. The van der Waals surface area contributed by atoms with Gasteiger partial charge in [0.05, 0.1) is 24.9 Å². The normalized spacial score (nSPS) is 13.9. The molecule has 1 aliphatic rings. The number of fused-ring (bicyclic) bond motifs is 1. The predicted molar refractivity (Wildman–Crippen MR) is 138 cm³/mol. The molecule has 1 aliphatic heterocycles. The molecule has 0 radical (unpaired) electrons. The van der Waals surface area contributed by atoms with E-state index in [0.717, 1.165) is 35.6 Å². The Hall–Kier alpha value is -3.90. The van der Waals surface area contributed by atoms with Gasteiger partial charge in [0.1, 0.15) is 17.4 Å². The summed E-state index contributed by atoms with van der Waals surface area (Å²) < 4.78 is 7.68. The minimum absolute atomic E-state index is 0.00537. The van der Waals surface area contributed by atoms with Crippen molar-refractivity contribution in [2.24, 2.45) is 0 Å². The van der Waals surface area contributed by atoms with Crippen LogP contribution in [-0.2, 0) is 19.5 Å². The van der Waals surface area contributed by atoms with E-state index in [1.807, 2.05) is 56.7 Å². The molecule has 1 aromatic carbocycles. The number of benzene rings is 1. The molecule has 3 aromatic rings.